The second-order valence-electron chi connectivity index (χ2n) is 9.46. The number of ether oxygens (including phenoxy) is 1. The molecule has 1 aliphatic rings. The molecule has 0 aromatic heterocycles. The second kappa shape index (κ2) is 12.6. The maximum absolute atomic E-state index is 14.0. The highest BCUT2D eigenvalue weighted by atomic mass is 32.1. The van der Waals surface area contributed by atoms with E-state index in [0.29, 0.717) is 29.3 Å². The fourth-order valence-electron chi connectivity index (χ4n) is 4.78. The van der Waals surface area contributed by atoms with E-state index in [-0.39, 0.29) is 10.7 Å². The first-order valence-corrected chi connectivity index (χ1v) is 14.0. The SMILES string of the molecule is CCN(CC)c1ccc(C=C2C(=O)N(c3ccccc3)C(=S)N(c3ccccc3)C2=O)c(OCc2ccccc2)c1. The van der Waals surface area contributed by atoms with Crippen LogP contribution in [0.15, 0.2) is 115 Å². The molecule has 206 valence electrons. The third-order valence-electron chi connectivity index (χ3n) is 6.94. The molecule has 0 unspecified atom stereocenters. The van der Waals surface area contributed by atoms with Crippen molar-refractivity contribution in [1.82, 2.24) is 0 Å². The Kier molecular flexibility index (Phi) is 8.56. The molecule has 1 aliphatic heterocycles. The van der Waals surface area contributed by atoms with Crippen molar-refractivity contribution < 1.29 is 14.3 Å². The van der Waals surface area contributed by atoms with Crippen molar-refractivity contribution in [2.45, 2.75) is 20.5 Å². The quantitative estimate of drug-likeness (QED) is 0.127. The van der Waals surface area contributed by atoms with Gasteiger partial charge in [0.25, 0.3) is 11.8 Å². The van der Waals surface area contributed by atoms with Gasteiger partial charge in [0.1, 0.15) is 17.9 Å². The number of amides is 2. The number of carbonyl (C=O) groups is 2. The number of thiocarbonyl (C=S) groups is 1. The summed E-state index contributed by atoms with van der Waals surface area (Å²) in [6.07, 6.45) is 1.62. The molecule has 0 aliphatic carbocycles. The standard InChI is InChI=1S/C34H31N3O3S/c1-3-35(4-2)29-21-20-26(31(23-29)40-24-25-14-8-5-9-15-25)22-30-32(38)36(27-16-10-6-11-17-27)34(41)37(33(30)39)28-18-12-7-13-19-28/h5-23H,3-4,24H2,1-2H3. The molecule has 2 amide bonds. The summed E-state index contributed by atoms with van der Waals surface area (Å²) in [5.74, 6) is -0.391. The summed E-state index contributed by atoms with van der Waals surface area (Å²) in [7, 11) is 0. The molecule has 41 heavy (non-hydrogen) atoms. The molecule has 0 saturated carbocycles. The number of hydrogen-bond donors (Lipinski definition) is 0. The van der Waals surface area contributed by atoms with Crippen LogP contribution in [-0.4, -0.2) is 30.0 Å². The van der Waals surface area contributed by atoms with Gasteiger partial charge in [-0.1, -0.05) is 66.7 Å². The molecule has 0 radical (unpaired) electrons. The zero-order chi connectivity index (χ0) is 28.8. The van der Waals surface area contributed by atoms with E-state index in [1.54, 1.807) is 30.3 Å². The van der Waals surface area contributed by atoms with Gasteiger partial charge in [0.05, 0.1) is 11.4 Å². The summed E-state index contributed by atoms with van der Waals surface area (Å²) in [5, 5.41) is 0.104. The van der Waals surface area contributed by atoms with Crippen LogP contribution in [0.4, 0.5) is 17.1 Å². The van der Waals surface area contributed by atoms with E-state index in [9.17, 15) is 9.59 Å². The summed E-state index contributed by atoms with van der Waals surface area (Å²) in [4.78, 5) is 33.0. The van der Waals surface area contributed by atoms with Gasteiger partial charge in [0.2, 0.25) is 0 Å². The van der Waals surface area contributed by atoms with Gasteiger partial charge in [-0.3, -0.25) is 19.4 Å². The van der Waals surface area contributed by atoms with Crippen LogP contribution in [0.5, 0.6) is 5.75 Å². The maximum Gasteiger partial charge on any atom is 0.270 e. The lowest BCUT2D eigenvalue weighted by Gasteiger charge is -2.36. The largest absolute Gasteiger partial charge is 0.488 e. The Hall–Kier alpha value is -4.75. The van der Waals surface area contributed by atoms with Crippen LogP contribution < -0.4 is 19.4 Å². The molecular weight excluding hydrogens is 530 g/mol. The monoisotopic (exact) mass is 561 g/mol. The van der Waals surface area contributed by atoms with Gasteiger partial charge in [-0.05, 0) is 74.1 Å². The number of para-hydroxylation sites is 2. The average Bonchev–Trinajstić information content (AvgIpc) is 3.01. The molecule has 1 saturated heterocycles. The number of rotatable bonds is 9. The van der Waals surface area contributed by atoms with E-state index >= 15 is 0 Å². The topological polar surface area (TPSA) is 53.1 Å². The number of nitrogens with zero attached hydrogens (tertiary/aromatic N) is 3. The van der Waals surface area contributed by atoms with Crippen molar-refractivity contribution in [3.63, 3.8) is 0 Å². The van der Waals surface area contributed by atoms with E-state index < -0.39 is 11.8 Å². The van der Waals surface area contributed by atoms with E-state index in [0.717, 1.165) is 24.3 Å². The van der Waals surface area contributed by atoms with E-state index in [4.69, 9.17) is 17.0 Å². The summed E-state index contributed by atoms with van der Waals surface area (Å²) < 4.78 is 6.31. The normalized spacial score (nSPS) is 13.4. The van der Waals surface area contributed by atoms with Crippen LogP contribution in [0.25, 0.3) is 6.08 Å². The molecule has 7 heteroatoms. The Morgan fingerprint density at radius 3 is 1.76 bits per heavy atom. The zero-order valence-corrected chi connectivity index (χ0v) is 23.9. The number of carbonyl (C=O) groups excluding carboxylic acids is 2. The van der Waals surface area contributed by atoms with E-state index in [1.165, 1.54) is 9.80 Å². The summed E-state index contributed by atoms with van der Waals surface area (Å²) in [5.41, 5.74) is 3.80. The fraction of sp³-hybridized carbons (Fsp3) is 0.147. The van der Waals surface area contributed by atoms with E-state index in [1.807, 2.05) is 84.9 Å². The highest BCUT2D eigenvalue weighted by Crippen LogP contribution is 2.33. The average molecular weight is 562 g/mol. The van der Waals surface area contributed by atoms with Gasteiger partial charge in [0.15, 0.2) is 5.11 Å². The predicted molar refractivity (Wildman–Crippen MR) is 169 cm³/mol. The summed E-state index contributed by atoms with van der Waals surface area (Å²) in [6, 6.07) is 34.0. The molecule has 5 rings (SSSR count). The first-order chi connectivity index (χ1) is 20.0. The molecule has 0 atom stereocenters. The third-order valence-corrected chi connectivity index (χ3v) is 7.31. The van der Waals surface area contributed by atoms with Crippen LogP contribution in [0.2, 0.25) is 0 Å². The molecule has 6 nitrogen and oxygen atoms in total. The number of hydrogen-bond acceptors (Lipinski definition) is 5. The maximum atomic E-state index is 14.0. The Morgan fingerprint density at radius 1 is 0.732 bits per heavy atom. The van der Waals surface area contributed by atoms with Crippen molar-refractivity contribution in [2.24, 2.45) is 0 Å². The minimum Gasteiger partial charge on any atom is -0.488 e. The first-order valence-electron chi connectivity index (χ1n) is 13.6. The third kappa shape index (κ3) is 5.90. The number of anilines is 3. The van der Waals surface area contributed by atoms with Crippen molar-refractivity contribution >= 4 is 52.3 Å². The smallest absolute Gasteiger partial charge is 0.270 e. The van der Waals surface area contributed by atoms with Gasteiger partial charge in [-0.25, -0.2) is 0 Å². The Labute approximate surface area is 246 Å². The minimum atomic E-state index is -0.486. The first kappa shape index (κ1) is 27.8. The molecule has 4 aromatic rings. The zero-order valence-electron chi connectivity index (χ0n) is 23.1. The lowest BCUT2D eigenvalue weighted by molar-refractivity contribution is -0.120. The summed E-state index contributed by atoms with van der Waals surface area (Å²) in [6.45, 7) is 6.21. The van der Waals surface area contributed by atoms with Crippen molar-refractivity contribution in [1.29, 1.82) is 0 Å². The van der Waals surface area contributed by atoms with Crippen LogP contribution in [0, 0.1) is 0 Å². The van der Waals surface area contributed by atoms with Gasteiger partial charge in [-0.2, -0.15) is 0 Å². The molecular formula is C34H31N3O3S. The molecule has 0 N–H and O–H groups in total. The predicted octanol–water partition coefficient (Wildman–Crippen LogP) is 6.86. The molecule has 1 fully saturated rings. The van der Waals surface area contributed by atoms with Gasteiger partial charge in [0, 0.05) is 30.4 Å². The van der Waals surface area contributed by atoms with Crippen molar-refractivity contribution in [3.8, 4) is 5.75 Å². The Morgan fingerprint density at radius 2 is 1.24 bits per heavy atom. The minimum absolute atomic E-state index is 0.00791. The molecule has 4 aromatic carbocycles. The van der Waals surface area contributed by atoms with Crippen LogP contribution in [0.1, 0.15) is 25.0 Å². The van der Waals surface area contributed by atoms with Crippen LogP contribution >= 0.6 is 12.2 Å². The lowest BCUT2D eigenvalue weighted by atomic mass is 10.0. The molecule has 0 spiro atoms. The van der Waals surface area contributed by atoms with E-state index in [2.05, 4.69) is 18.7 Å². The number of benzene rings is 4. The van der Waals surface area contributed by atoms with Gasteiger partial charge >= 0.3 is 0 Å². The summed E-state index contributed by atoms with van der Waals surface area (Å²) >= 11 is 5.73. The van der Waals surface area contributed by atoms with Crippen molar-refractivity contribution in [3.05, 3.63) is 126 Å². The Bertz CT molecular complexity index is 1510. The van der Waals surface area contributed by atoms with Crippen molar-refractivity contribution in [2.75, 3.05) is 27.8 Å². The van der Waals surface area contributed by atoms with Gasteiger partial charge in [-0.15, -0.1) is 0 Å². The second-order valence-corrected chi connectivity index (χ2v) is 9.83. The molecule has 1 heterocycles. The highest BCUT2D eigenvalue weighted by molar-refractivity contribution is 7.81. The van der Waals surface area contributed by atoms with Crippen LogP contribution in [0.3, 0.4) is 0 Å². The molecule has 0 bridgehead atoms. The Balaban J connectivity index is 1.61. The lowest BCUT2D eigenvalue weighted by Crippen LogP contribution is -2.56. The van der Waals surface area contributed by atoms with Gasteiger partial charge < -0.3 is 9.64 Å². The highest BCUT2D eigenvalue weighted by Gasteiger charge is 2.41. The van der Waals surface area contributed by atoms with Crippen LogP contribution in [-0.2, 0) is 16.2 Å². The fourth-order valence-corrected chi connectivity index (χ4v) is 5.16.